The molecular formula is C12H12N2OS2. The molecule has 0 spiro atoms. The molecule has 0 aliphatic heterocycles. The van der Waals surface area contributed by atoms with Crippen LogP contribution in [0.5, 0.6) is 0 Å². The third-order valence-electron chi connectivity index (χ3n) is 2.53. The number of pyridine rings is 1. The molecule has 17 heavy (non-hydrogen) atoms. The molecule has 2 aromatic rings. The van der Waals surface area contributed by atoms with Crippen LogP contribution in [0.15, 0.2) is 34.4 Å². The van der Waals surface area contributed by atoms with E-state index in [-0.39, 0.29) is 10.5 Å². The zero-order valence-electron chi connectivity index (χ0n) is 9.34. The number of hydrogen-bond donors (Lipinski definition) is 1. The van der Waals surface area contributed by atoms with Crippen LogP contribution >= 0.6 is 23.6 Å². The Labute approximate surface area is 109 Å². The number of thiophene rings is 1. The molecule has 2 N–H and O–H groups in total. The van der Waals surface area contributed by atoms with Crippen molar-refractivity contribution in [3.05, 3.63) is 45.6 Å². The van der Waals surface area contributed by atoms with Crippen molar-refractivity contribution in [3.8, 4) is 10.6 Å². The fourth-order valence-electron chi connectivity index (χ4n) is 1.72. The number of hydrogen-bond acceptors (Lipinski definition) is 3. The normalized spacial score (nSPS) is 10.4. The predicted octanol–water partition coefficient (Wildman–Crippen LogP) is 2.23. The van der Waals surface area contributed by atoms with Gasteiger partial charge in [-0.3, -0.25) is 4.79 Å². The first-order valence-electron chi connectivity index (χ1n) is 5.22. The fraction of sp³-hybridized carbons (Fsp3) is 0.167. The minimum absolute atomic E-state index is 0.120. The first kappa shape index (κ1) is 12.0. The lowest BCUT2D eigenvalue weighted by Gasteiger charge is -2.11. The summed E-state index contributed by atoms with van der Waals surface area (Å²) in [5, 5.41) is 1.99. The minimum Gasteiger partial charge on any atom is -0.389 e. The van der Waals surface area contributed by atoms with Gasteiger partial charge in [0.15, 0.2) is 0 Å². The van der Waals surface area contributed by atoms with Crippen molar-refractivity contribution in [2.24, 2.45) is 5.73 Å². The van der Waals surface area contributed by atoms with E-state index in [0.29, 0.717) is 12.1 Å². The van der Waals surface area contributed by atoms with Gasteiger partial charge >= 0.3 is 0 Å². The maximum Gasteiger partial charge on any atom is 0.261 e. The zero-order chi connectivity index (χ0) is 12.4. The van der Waals surface area contributed by atoms with E-state index in [4.69, 9.17) is 18.0 Å². The zero-order valence-corrected chi connectivity index (χ0v) is 11.0. The lowest BCUT2D eigenvalue weighted by Crippen LogP contribution is -2.29. The average Bonchev–Trinajstić information content (AvgIpc) is 2.81. The first-order chi connectivity index (χ1) is 8.15. The number of rotatable bonds is 3. The standard InChI is InChI=1S/C12H12N2OS2/c1-2-14-9(10-4-3-7-17-10)6-5-8(11(13)16)12(14)15/h3-7H,2H2,1H3,(H2,13,16). The van der Waals surface area contributed by atoms with Gasteiger partial charge in [-0.1, -0.05) is 18.3 Å². The van der Waals surface area contributed by atoms with Crippen LogP contribution in [0.1, 0.15) is 12.5 Å². The van der Waals surface area contributed by atoms with Crippen molar-refractivity contribution in [3.63, 3.8) is 0 Å². The second-order valence-corrected chi connectivity index (χ2v) is 4.91. The monoisotopic (exact) mass is 264 g/mol. The van der Waals surface area contributed by atoms with Crippen molar-refractivity contribution >= 4 is 28.5 Å². The van der Waals surface area contributed by atoms with Crippen LogP contribution in [-0.4, -0.2) is 9.56 Å². The third kappa shape index (κ3) is 2.16. The van der Waals surface area contributed by atoms with Gasteiger partial charge in [0, 0.05) is 6.54 Å². The van der Waals surface area contributed by atoms with E-state index in [1.807, 2.05) is 30.5 Å². The Kier molecular flexibility index (Phi) is 3.40. The third-order valence-corrected chi connectivity index (χ3v) is 3.64. The smallest absolute Gasteiger partial charge is 0.261 e. The highest BCUT2D eigenvalue weighted by atomic mass is 32.1. The molecule has 88 valence electrons. The van der Waals surface area contributed by atoms with Gasteiger partial charge in [0.1, 0.15) is 4.99 Å². The van der Waals surface area contributed by atoms with E-state index in [2.05, 4.69) is 0 Å². The summed E-state index contributed by atoms with van der Waals surface area (Å²) in [5.41, 5.74) is 6.72. The molecular weight excluding hydrogens is 252 g/mol. The fourth-order valence-corrected chi connectivity index (χ4v) is 2.63. The number of thiocarbonyl (C=S) groups is 1. The summed E-state index contributed by atoms with van der Waals surface area (Å²) in [6.45, 7) is 2.53. The average molecular weight is 264 g/mol. The quantitative estimate of drug-likeness (QED) is 0.865. The van der Waals surface area contributed by atoms with Gasteiger partial charge in [-0.15, -0.1) is 11.3 Å². The van der Waals surface area contributed by atoms with Crippen LogP contribution in [-0.2, 0) is 6.54 Å². The maximum absolute atomic E-state index is 12.2. The Hall–Kier alpha value is -1.46. The molecule has 0 aliphatic rings. The van der Waals surface area contributed by atoms with Crippen molar-refractivity contribution in [2.45, 2.75) is 13.5 Å². The molecule has 0 unspecified atom stereocenters. The van der Waals surface area contributed by atoms with Crippen molar-refractivity contribution in [2.75, 3.05) is 0 Å². The molecule has 0 atom stereocenters. The summed E-state index contributed by atoms with van der Waals surface area (Å²) in [7, 11) is 0. The molecule has 0 saturated carbocycles. The molecule has 2 heterocycles. The van der Waals surface area contributed by atoms with Crippen LogP contribution in [0.4, 0.5) is 0 Å². The Morgan fingerprint density at radius 3 is 2.76 bits per heavy atom. The number of nitrogens with two attached hydrogens (primary N) is 1. The van der Waals surface area contributed by atoms with Crippen LogP contribution < -0.4 is 11.3 Å². The molecule has 3 nitrogen and oxygen atoms in total. The van der Waals surface area contributed by atoms with Crippen LogP contribution in [0, 0.1) is 0 Å². The Bertz CT molecular complexity index is 599. The summed E-state index contributed by atoms with van der Waals surface area (Å²) in [6.07, 6.45) is 0. The van der Waals surface area contributed by atoms with Crippen molar-refractivity contribution < 1.29 is 0 Å². The van der Waals surface area contributed by atoms with E-state index >= 15 is 0 Å². The van der Waals surface area contributed by atoms with E-state index < -0.39 is 0 Å². The van der Waals surface area contributed by atoms with Crippen molar-refractivity contribution in [1.82, 2.24) is 4.57 Å². The van der Waals surface area contributed by atoms with Gasteiger partial charge in [-0.2, -0.15) is 0 Å². The number of nitrogens with zero attached hydrogens (tertiary/aromatic N) is 1. The topological polar surface area (TPSA) is 48.0 Å². The highest BCUT2D eigenvalue weighted by Gasteiger charge is 2.11. The molecule has 5 heteroatoms. The highest BCUT2D eigenvalue weighted by molar-refractivity contribution is 7.80. The second-order valence-electron chi connectivity index (χ2n) is 3.52. The molecule has 2 rings (SSSR count). The van der Waals surface area contributed by atoms with Crippen LogP contribution in [0.25, 0.3) is 10.6 Å². The minimum atomic E-state index is -0.120. The molecule has 0 radical (unpaired) electrons. The van der Waals surface area contributed by atoms with Gasteiger partial charge in [-0.05, 0) is 30.5 Å². The number of aromatic nitrogens is 1. The van der Waals surface area contributed by atoms with Gasteiger partial charge in [0.05, 0.1) is 16.1 Å². The van der Waals surface area contributed by atoms with E-state index in [9.17, 15) is 4.79 Å². The van der Waals surface area contributed by atoms with Crippen molar-refractivity contribution in [1.29, 1.82) is 0 Å². The summed E-state index contributed by atoms with van der Waals surface area (Å²) >= 11 is 6.47. The van der Waals surface area contributed by atoms with Gasteiger partial charge in [0.25, 0.3) is 5.56 Å². The second kappa shape index (κ2) is 4.81. The molecule has 0 aliphatic carbocycles. The van der Waals surface area contributed by atoms with Crippen LogP contribution in [0.3, 0.4) is 0 Å². The first-order valence-corrected chi connectivity index (χ1v) is 6.51. The molecule has 0 amide bonds. The largest absolute Gasteiger partial charge is 0.389 e. The van der Waals surface area contributed by atoms with E-state index in [1.165, 1.54) is 0 Å². The predicted molar refractivity (Wildman–Crippen MR) is 75.6 cm³/mol. The molecule has 0 saturated heterocycles. The molecule has 0 fully saturated rings. The van der Waals surface area contributed by atoms with Crippen LogP contribution in [0.2, 0.25) is 0 Å². The maximum atomic E-state index is 12.2. The molecule has 2 aromatic heterocycles. The van der Waals surface area contributed by atoms with Gasteiger partial charge in [0.2, 0.25) is 0 Å². The van der Waals surface area contributed by atoms with E-state index in [1.54, 1.807) is 22.0 Å². The Morgan fingerprint density at radius 1 is 1.47 bits per heavy atom. The van der Waals surface area contributed by atoms with E-state index in [0.717, 1.165) is 10.6 Å². The lowest BCUT2D eigenvalue weighted by atomic mass is 10.2. The summed E-state index contributed by atoms with van der Waals surface area (Å²) < 4.78 is 1.69. The Balaban J connectivity index is 2.68. The summed E-state index contributed by atoms with van der Waals surface area (Å²) in [6, 6.07) is 7.55. The molecule has 0 bridgehead atoms. The van der Waals surface area contributed by atoms with Gasteiger partial charge < -0.3 is 10.3 Å². The SMILES string of the molecule is CCn1c(-c2cccs2)ccc(C(N)=S)c1=O. The van der Waals surface area contributed by atoms with Gasteiger partial charge in [-0.25, -0.2) is 0 Å². The molecule has 0 aromatic carbocycles. The lowest BCUT2D eigenvalue weighted by molar-refractivity contribution is 0.735. The summed E-state index contributed by atoms with van der Waals surface area (Å²) in [5.74, 6) is 0. The Morgan fingerprint density at radius 2 is 2.24 bits per heavy atom. The highest BCUT2D eigenvalue weighted by Crippen LogP contribution is 2.23. The summed E-state index contributed by atoms with van der Waals surface area (Å²) in [4.78, 5) is 13.4.